The summed E-state index contributed by atoms with van der Waals surface area (Å²) in [5.41, 5.74) is 0. The Hall–Kier alpha value is -0.690. The first-order valence-electron chi connectivity index (χ1n) is 7.50. The Morgan fingerprint density at radius 2 is 1.68 bits per heavy atom. The van der Waals surface area contributed by atoms with Crippen molar-refractivity contribution < 1.29 is 23.9 Å². The molecule has 1 saturated heterocycles. The third-order valence-electron chi connectivity index (χ3n) is 5.12. The SMILES string of the molecule is COC(=O)[C@@H]1C[C@H]2C[C@@H](C[C@@H](C(=O)OC)C23SCCS3)C1=O. The molecule has 0 unspecified atom stereocenters. The number of carbonyl (C=O) groups is 3. The van der Waals surface area contributed by atoms with E-state index in [1.807, 2.05) is 23.5 Å². The van der Waals surface area contributed by atoms with Crippen LogP contribution in [0.2, 0.25) is 0 Å². The van der Waals surface area contributed by atoms with Crippen LogP contribution >= 0.6 is 23.5 Å². The van der Waals surface area contributed by atoms with E-state index in [2.05, 4.69) is 0 Å². The summed E-state index contributed by atoms with van der Waals surface area (Å²) in [6, 6.07) is 0. The number of hydrogen-bond donors (Lipinski definition) is 0. The molecule has 1 aliphatic heterocycles. The lowest BCUT2D eigenvalue weighted by Crippen LogP contribution is -2.54. The first-order chi connectivity index (χ1) is 10.5. The van der Waals surface area contributed by atoms with Crippen LogP contribution in [0.15, 0.2) is 0 Å². The van der Waals surface area contributed by atoms with Gasteiger partial charge in [-0.25, -0.2) is 0 Å². The second-order valence-corrected chi connectivity index (χ2v) is 9.08. The first kappa shape index (κ1) is 16.2. The van der Waals surface area contributed by atoms with Gasteiger partial charge in [0.1, 0.15) is 11.7 Å². The number of carbonyl (C=O) groups excluding carboxylic acids is 3. The monoisotopic (exact) mass is 344 g/mol. The molecule has 0 aromatic rings. The average Bonchev–Trinajstić information content (AvgIpc) is 3.02. The van der Waals surface area contributed by atoms with E-state index in [0.717, 1.165) is 17.9 Å². The van der Waals surface area contributed by atoms with Gasteiger partial charge in [-0.05, 0) is 25.2 Å². The Morgan fingerprint density at radius 3 is 2.27 bits per heavy atom. The van der Waals surface area contributed by atoms with Crippen LogP contribution in [-0.2, 0) is 23.9 Å². The van der Waals surface area contributed by atoms with Gasteiger partial charge in [-0.3, -0.25) is 14.4 Å². The standard InChI is InChI=1S/C15H20O5S2/c1-19-13(17)10-7-9-5-8(12(10)16)6-11(14(18)20-2)15(9)21-3-4-22-15/h8-11H,3-7H2,1-2H3/t8-,9+,10+,11-/m0/s1. The predicted octanol–water partition coefficient (Wildman–Crippen LogP) is 1.74. The van der Waals surface area contributed by atoms with Crippen LogP contribution in [0.1, 0.15) is 19.3 Å². The van der Waals surface area contributed by atoms with E-state index in [9.17, 15) is 14.4 Å². The highest BCUT2D eigenvalue weighted by Gasteiger charge is 2.60. The van der Waals surface area contributed by atoms with Crippen LogP contribution in [0.4, 0.5) is 0 Å². The van der Waals surface area contributed by atoms with Crippen molar-refractivity contribution in [2.45, 2.75) is 23.3 Å². The molecule has 7 heteroatoms. The van der Waals surface area contributed by atoms with Crippen LogP contribution < -0.4 is 0 Å². The number of esters is 2. The highest BCUT2D eigenvalue weighted by atomic mass is 32.2. The van der Waals surface area contributed by atoms with Gasteiger partial charge >= 0.3 is 11.9 Å². The van der Waals surface area contributed by atoms with E-state index in [1.54, 1.807) is 0 Å². The number of ether oxygens (including phenoxy) is 2. The number of methoxy groups -OCH3 is 2. The number of thioether (sulfide) groups is 2. The van der Waals surface area contributed by atoms with E-state index in [4.69, 9.17) is 9.47 Å². The average molecular weight is 344 g/mol. The third kappa shape index (κ3) is 2.37. The highest BCUT2D eigenvalue weighted by Crippen LogP contribution is 2.63. The van der Waals surface area contributed by atoms with Crippen LogP contribution in [0.25, 0.3) is 0 Å². The van der Waals surface area contributed by atoms with Gasteiger partial charge < -0.3 is 9.47 Å². The lowest BCUT2D eigenvalue weighted by molar-refractivity contribution is -0.157. The molecule has 4 atom stereocenters. The molecule has 0 aromatic heterocycles. The molecular weight excluding hydrogens is 324 g/mol. The number of fused-ring (bicyclic) bond motifs is 3. The second-order valence-electron chi connectivity index (χ2n) is 6.07. The fourth-order valence-corrected chi connectivity index (χ4v) is 7.94. The molecule has 3 fully saturated rings. The summed E-state index contributed by atoms with van der Waals surface area (Å²) < 4.78 is 9.57. The zero-order valence-corrected chi connectivity index (χ0v) is 14.3. The molecule has 2 aliphatic carbocycles. The summed E-state index contributed by atoms with van der Waals surface area (Å²) >= 11 is 3.61. The van der Waals surface area contributed by atoms with Crippen molar-refractivity contribution in [2.75, 3.05) is 25.7 Å². The summed E-state index contributed by atoms with van der Waals surface area (Å²) in [4.78, 5) is 36.8. The summed E-state index contributed by atoms with van der Waals surface area (Å²) in [5.74, 6) is 0.313. The van der Waals surface area contributed by atoms with Gasteiger partial charge in [0, 0.05) is 17.4 Å². The largest absolute Gasteiger partial charge is 0.469 e. The van der Waals surface area contributed by atoms with Gasteiger partial charge in [0.2, 0.25) is 0 Å². The van der Waals surface area contributed by atoms with Gasteiger partial charge in [0.25, 0.3) is 0 Å². The molecule has 2 bridgehead atoms. The number of hydrogen-bond acceptors (Lipinski definition) is 7. The summed E-state index contributed by atoms with van der Waals surface area (Å²) in [6.45, 7) is 0. The van der Waals surface area contributed by atoms with Crippen molar-refractivity contribution in [3.8, 4) is 0 Å². The van der Waals surface area contributed by atoms with E-state index in [0.29, 0.717) is 12.8 Å². The minimum absolute atomic E-state index is 0.0557. The molecule has 1 heterocycles. The Bertz CT molecular complexity index is 500. The molecule has 22 heavy (non-hydrogen) atoms. The maximum Gasteiger partial charge on any atom is 0.316 e. The Morgan fingerprint density at radius 1 is 1.05 bits per heavy atom. The maximum atomic E-state index is 12.5. The van der Waals surface area contributed by atoms with E-state index >= 15 is 0 Å². The van der Waals surface area contributed by atoms with Crippen molar-refractivity contribution in [1.82, 2.24) is 0 Å². The maximum absolute atomic E-state index is 12.5. The molecule has 3 rings (SSSR count). The highest BCUT2D eigenvalue weighted by molar-refractivity contribution is 8.21. The molecular formula is C15H20O5S2. The van der Waals surface area contributed by atoms with Crippen molar-refractivity contribution in [3.63, 3.8) is 0 Å². The molecule has 0 radical (unpaired) electrons. The van der Waals surface area contributed by atoms with Crippen LogP contribution in [-0.4, -0.2) is 47.5 Å². The fourth-order valence-electron chi connectivity index (χ4n) is 4.15. The molecule has 122 valence electrons. The Kier molecular flexibility index (Phi) is 4.47. The lowest BCUT2D eigenvalue weighted by atomic mass is 9.63. The van der Waals surface area contributed by atoms with Gasteiger partial charge in [-0.1, -0.05) is 0 Å². The van der Waals surface area contributed by atoms with Gasteiger partial charge in [-0.2, -0.15) is 0 Å². The Balaban J connectivity index is 1.93. The fraction of sp³-hybridized carbons (Fsp3) is 0.800. The van der Waals surface area contributed by atoms with Crippen LogP contribution in [0.3, 0.4) is 0 Å². The normalized spacial score (nSPS) is 36.2. The molecule has 5 nitrogen and oxygen atoms in total. The topological polar surface area (TPSA) is 69.7 Å². The summed E-state index contributed by atoms with van der Waals surface area (Å²) in [6.07, 6.45) is 1.77. The van der Waals surface area contributed by atoms with Gasteiger partial charge in [0.05, 0.1) is 24.2 Å². The van der Waals surface area contributed by atoms with E-state index < -0.39 is 11.9 Å². The molecule has 0 N–H and O–H groups in total. The quantitative estimate of drug-likeness (QED) is 0.558. The summed E-state index contributed by atoms with van der Waals surface area (Å²) in [7, 11) is 2.73. The van der Waals surface area contributed by atoms with Crippen molar-refractivity contribution >= 4 is 41.2 Å². The lowest BCUT2D eigenvalue weighted by Gasteiger charge is -2.50. The molecule has 0 amide bonds. The number of ketones is 1. The Labute approximate surface area is 138 Å². The summed E-state index contributed by atoms with van der Waals surface area (Å²) in [5, 5.41) is 0. The van der Waals surface area contributed by atoms with Crippen molar-refractivity contribution in [2.24, 2.45) is 23.7 Å². The van der Waals surface area contributed by atoms with Crippen LogP contribution in [0.5, 0.6) is 0 Å². The molecule has 0 aromatic carbocycles. The number of Topliss-reactive ketones (excluding diaryl/α,β-unsaturated/α-hetero) is 1. The predicted molar refractivity (Wildman–Crippen MR) is 84.5 cm³/mol. The van der Waals surface area contributed by atoms with Crippen molar-refractivity contribution in [3.05, 3.63) is 0 Å². The minimum Gasteiger partial charge on any atom is -0.469 e. The van der Waals surface area contributed by atoms with Crippen molar-refractivity contribution in [1.29, 1.82) is 0 Å². The zero-order chi connectivity index (χ0) is 15.9. The van der Waals surface area contributed by atoms with E-state index in [1.165, 1.54) is 14.2 Å². The zero-order valence-electron chi connectivity index (χ0n) is 12.7. The number of rotatable bonds is 2. The second kappa shape index (κ2) is 6.07. The third-order valence-corrected chi connectivity index (χ3v) is 9.04. The molecule has 3 aliphatic rings. The molecule has 1 spiro atoms. The molecule has 2 saturated carbocycles. The smallest absolute Gasteiger partial charge is 0.316 e. The van der Waals surface area contributed by atoms with Gasteiger partial charge in [-0.15, -0.1) is 23.5 Å². The minimum atomic E-state index is -0.661. The van der Waals surface area contributed by atoms with Gasteiger partial charge in [0.15, 0.2) is 0 Å². The first-order valence-corrected chi connectivity index (χ1v) is 9.48. The van der Waals surface area contributed by atoms with E-state index in [-0.39, 0.29) is 33.6 Å². The van der Waals surface area contributed by atoms with Crippen LogP contribution in [0, 0.1) is 23.7 Å².